The van der Waals surface area contributed by atoms with E-state index in [0.29, 0.717) is 5.92 Å². The molecule has 1 saturated heterocycles. The van der Waals surface area contributed by atoms with Gasteiger partial charge in [0.05, 0.1) is 0 Å². The van der Waals surface area contributed by atoms with Gasteiger partial charge in [-0.05, 0) is 27.2 Å². The van der Waals surface area contributed by atoms with E-state index in [0.717, 1.165) is 12.8 Å². The fourth-order valence-corrected chi connectivity index (χ4v) is 2.56. The Bertz CT molecular complexity index is 351. The van der Waals surface area contributed by atoms with Crippen LogP contribution in [0.2, 0.25) is 0 Å². The van der Waals surface area contributed by atoms with Crippen LogP contribution in [0, 0.1) is 18.3 Å². The third-order valence-electron chi connectivity index (χ3n) is 3.44. The fraction of sp³-hybridized carbons (Fsp3) is 0.769. The molecule has 1 heterocycles. The van der Waals surface area contributed by atoms with Gasteiger partial charge < -0.3 is 11.2 Å². The summed E-state index contributed by atoms with van der Waals surface area (Å²) in [5.74, 6) is 0.272. The van der Waals surface area contributed by atoms with Crippen LogP contribution in [0.25, 0.3) is 0 Å². The summed E-state index contributed by atoms with van der Waals surface area (Å²) in [5, 5.41) is 0. The van der Waals surface area contributed by atoms with Gasteiger partial charge in [-0.3, -0.25) is 9.69 Å². The maximum atomic E-state index is 12.1. The van der Waals surface area contributed by atoms with Crippen molar-refractivity contribution in [2.45, 2.75) is 52.2 Å². The van der Waals surface area contributed by atoms with Gasteiger partial charge in [0.2, 0.25) is 5.91 Å². The molecular formula is C13H20NO3W-. The van der Waals surface area contributed by atoms with Crippen molar-refractivity contribution in [1.82, 2.24) is 4.90 Å². The Morgan fingerprint density at radius 1 is 1.44 bits per heavy atom. The molecule has 0 aromatic heterocycles. The van der Waals surface area contributed by atoms with Gasteiger partial charge >= 0.3 is 6.09 Å². The Morgan fingerprint density at radius 3 is 2.56 bits per heavy atom. The van der Waals surface area contributed by atoms with Crippen LogP contribution in [-0.2, 0) is 30.6 Å². The van der Waals surface area contributed by atoms with Gasteiger partial charge in [0, 0.05) is 27.0 Å². The molecule has 0 radical (unpaired) electrons. The number of hydrogen-bond donors (Lipinski definition) is 0. The van der Waals surface area contributed by atoms with Crippen molar-refractivity contribution in [2.75, 3.05) is 0 Å². The molecule has 102 valence electrons. The molecule has 1 aliphatic heterocycles. The molecule has 0 spiro atoms. The molecule has 1 aliphatic carbocycles. The quantitative estimate of drug-likeness (QED) is 0.564. The van der Waals surface area contributed by atoms with E-state index in [-0.39, 0.29) is 38.9 Å². The Morgan fingerprint density at radius 2 is 2.06 bits per heavy atom. The summed E-state index contributed by atoms with van der Waals surface area (Å²) < 4.78 is 5.28. The van der Waals surface area contributed by atoms with E-state index in [4.69, 9.17) is 4.74 Å². The second-order valence-electron chi connectivity index (χ2n) is 6.05. The Kier molecular flexibility index (Phi) is 4.64. The Labute approximate surface area is 123 Å². The molecule has 2 amide bonds. The number of fused-ring (bicyclic) bond motifs is 2. The van der Waals surface area contributed by atoms with Crippen molar-refractivity contribution in [3.8, 4) is 0 Å². The molecule has 1 saturated carbocycles. The number of rotatable bonds is 0. The predicted molar refractivity (Wildman–Crippen MR) is 63.1 cm³/mol. The number of imide groups is 1. The summed E-state index contributed by atoms with van der Waals surface area (Å²) in [4.78, 5) is 25.4. The van der Waals surface area contributed by atoms with Crippen molar-refractivity contribution in [3.63, 3.8) is 0 Å². The fourth-order valence-electron chi connectivity index (χ4n) is 2.56. The Hall–Kier alpha value is -0.372. The van der Waals surface area contributed by atoms with Crippen molar-refractivity contribution >= 4 is 12.0 Å². The van der Waals surface area contributed by atoms with E-state index in [9.17, 15) is 9.59 Å². The van der Waals surface area contributed by atoms with Crippen LogP contribution in [0.3, 0.4) is 0 Å². The van der Waals surface area contributed by atoms with E-state index in [1.165, 1.54) is 4.90 Å². The minimum atomic E-state index is -0.556. The zero-order chi connectivity index (χ0) is 12.8. The van der Waals surface area contributed by atoms with Gasteiger partial charge in [0.1, 0.15) is 5.60 Å². The second kappa shape index (κ2) is 5.32. The average molecular weight is 422 g/mol. The summed E-state index contributed by atoms with van der Waals surface area (Å²) in [5.41, 5.74) is -0.556. The van der Waals surface area contributed by atoms with Crippen LogP contribution in [0.5, 0.6) is 0 Å². The molecular weight excluding hydrogens is 402 g/mol. The van der Waals surface area contributed by atoms with Crippen molar-refractivity contribution in [1.29, 1.82) is 0 Å². The molecule has 5 heteroatoms. The molecule has 3 atom stereocenters. The van der Waals surface area contributed by atoms with Crippen molar-refractivity contribution in [2.24, 2.45) is 11.8 Å². The number of hydrogen-bond acceptors (Lipinski definition) is 3. The number of nitrogens with zero attached hydrogens (tertiary/aromatic N) is 1. The third-order valence-corrected chi connectivity index (χ3v) is 3.44. The van der Waals surface area contributed by atoms with Gasteiger partial charge in [-0.2, -0.15) is 6.42 Å². The summed E-state index contributed by atoms with van der Waals surface area (Å²) in [6.07, 6.45) is 3.23. The van der Waals surface area contributed by atoms with Gasteiger partial charge in [-0.1, -0.05) is 18.9 Å². The normalized spacial score (nSPS) is 31.0. The molecule has 0 aromatic rings. The van der Waals surface area contributed by atoms with Gasteiger partial charge in [0.15, 0.2) is 0 Å². The Balaban J connectivity index is 0.00000162. The monoisotopic (exact) mass is 422 g/mol. The first-order chi connectivity index (χ1) is 7.79. The van der Waals surface area contributed by atoms with Gasteiger partial charge in [0.25, 0.3) is 0 Å². The van der Waals surface area contributed by atoms with Crippen LogP contribution in [0.15, 0.2) is 0 Å². The molecule has 0 N–H and O–H groups in total. The summed E-state index contributed by atoms with van der Waals surface area (Å²) >= 11 is 0. The van der Waals surface area contributed by atoms with Crippen LogP contribution in [0.1, 0.15) is 40.5 Å². The molecule has 2 bridgehead atoms. The predicted octanol–water partition coefficient (Wildman–Crippen LogP) is 2.38. The topological polar surface area (TPSA) is 46.6 Å². The molecule has 0 aromatic carbocycles. The maximum absolute atomic E-state index is 12.1. The zero-order valence-corrected chi connectivity index (χ0v) is 14.2. The molecule has 2 aliphatic rings. The first-order valence-corrected chi connectivity index (χ1v) is 6.19. The summed E-state index contributed by atoms with van der Waals surface area (Å²) in [6.45, 7) is 7.49. The van der Waals surface area contributed by atoms with Crippen LogP contribution in [-0.4, -0.2) is 28.5 Å². The first-order valence-electron chi connectivity index (χ1n) is 6.19. The van der Waals surface area contributed by atoms with Crippen LogP contribution < -0.4 is 0 Å². The van der Waals surface area contributed by atoms with E-state index >= 15 is 0 Å². The third kappa shape index (κ3) is 2.96. The van der Waals surface area contributed by atoms with Crippen LogP contribution >= 0.6 is 0 Å². The van der Waals surface area contributed by atoms with E-state index in [1.807, 2.05) is 20.8 Å². The number of amides is 2. The standard InChI is InChI=1S/C13H20NO3.W/c1-8-5-6-9-7-10(8)11(15)14(9)12(16)17-13(2,3)4;/h6,8-10H,5,7H2,1-4H3;/q-1;/t8-,9+,10+;/m0./s1. The van der Waals surface area contributed by atoms with E-state index in [2.05, 4.69) is 13.3 Å². The summed E-state index contributed by atoms with van der Waals surface area (Å²) in [7, 11) is 0. The molecule has 18 heavy (non-hydrogen) atoms. The van der Waals surface area contributed by atoms with Crippen molar-refractivity contribution < 1.29 is 35.4 Å². The average Bonchev–Trinajstić information content (AvgIpc) is 2.44. The molecule has 4 nitrogen and oxygen atoms in total. The molecule has 2 fully saturated rings. The largest absolute Gasteiger partial charge is 0.443 e. The first kappa shape index (κ1) is 15.7. The van der Waals surface area contributed by atoms with E-state index in [1.54, 1.807) is 0 Å². The van der Waals surface area contributed by atoms with Crippen molar-refractivity contribution in [3.05, 3.63) is 6.42 Å². The second-order valence-corrected chi connectivity index (χ2v) is 6.05. The smallest absolute Gasteiger partial charge is 0.414 e. The maximum Gasteiger partial charge on any atom is 0.414 e. The van der Waals surface area contributed by atoms with Gasteiger partial charge in [-0.15, -0.1) is 0 Å². The SMILES string of the molecule is C[C@H]1C[CH-][C@@H]2C[C@H]1C(=O)N2C(=O)OC(C)(C)C.[W]. The van der Waals surface area contributed by atoms with E-state index < -0.39 is 11.7 Å². The number of carbonyl (C=O) groups excluding carboxylic acids is 2. The molecule has 0 unspecified atom stereocenters. The minimum Gasteiger partial charge on any atom is -0.443 e. The number of carbonyl (C=O) groups is 2. The number of likely N-dealkylation sites (tertiary alicyclic amines) is 1. The summed E-state index contributed by atoms with van der Waals surface area (Å²) in [6, 6.07) is -0.0569. The minimum absolute atomic E-state index is 0. The van der Waals surface area contributed by atoms with Gasteiger partial charge in [-0.25, -0.2) is 4.79 Å². The van der Waals surface area contributed by atoms with Crippen LogP contribution in [0.4, 0.5) is 4.79 Å². The number of ether oxygens (including phenoxy) is 1. The zero-order valence-electron chi connectivity index (χ0n) is 11.3. The molecule has 2 rings (SSSR count).